The normalized spacial score (nSPS) is 21.2. The van der Waals surface area contributed by atoms with Gasteiger partial charge < -0.3 is 5.11 Å². The molecule has 1 N–H and O–H groups in total. The van der Waals surface area contributed by atoms with Crippen LogP contribution in [0.5, 0.6) is 0 Å². The number of rotatable bonds is 1. The van der Waals surface area contributed by atoms with Crippen molar-refractivity contribution in [2.24, 2.45) is 0 Å². The summed E-state index contributed by atoms with van der Waals surface area (Å²) >= 11 is 1.92. The van der Waals surface area contributed by atoms with Crippen LogP contribution in [0.1, 0.15) is 49.0 Å². The van der Waals surface area contributed by atoms with E-state index in [9.17, 15) is 5.11 Å². The third-order valence-electron chi connectivity index (χ3n) is 2.99. The van der Waals surface area contributed by atoms with Crippen molar-refractivity contribution in [3.8, 4) is 0 Å². The zero-order valence-corrected chi connectivity index (χ0v) is 10.2. The molecule has 0 saturated heterocycles. The Labute approximate surface area is 95.9 Å². The molecule has 2 heteroatoms. The number of fused-ring (bicyclic) bond motifs is 1. The number of hydrogen-bond acceptors (Lipinski definition) is 2. The van der Waals surface area contributed by atoms with E-state index in [1.165, 1.54) is 11.1 Å². The molecule has 0 radical (unpaired) electrons. The van der Waals surface area contributed by atoms with Gasteiger partial charge in [0.25, 0.3) is 0 Å². The van der Waals surface area contributed by atoms with E-state index < -0.39 is 0 Å². The summed E-state index contributed by atoms with van der Waals surface area (Å²) in [6.07, 6.45) is 0.632. The van der Waals surface area contributed by atoms with Gasteiger partial charge in [0.2, 0.25) is 0 Å². The lowest BCUT2D eigenvalue weighted by Crippen LogP contribution is -2.01. The first-order valence-electron chi connectivity index (χ1n) is 5.57. The second-order valence-corrected chi connectivity index (χ2v) is 5.58. The Hall–Kier alpha value is -0.470. The van der Waals surface area contributed by atoms with Crippen molar-refractivity contribution in [3.05, 3.63) is 34.9 Å². The maximum absolute atomic E-state index is 10.0. The van der Waals surface area contributed by atoms with Gasteiger partial charge >= 0.3 is 0 Å². The molecule has 1 nitrogen and oxygen atoms in total. The highest BCUT2D eigenvalue weighted by Crippen LogP contribution is 2.32. The highest BCUT2D eigenvalue weighted by Gasteiger charge is 2.17. The summed E-state index contributed by atoms with van der Waals surface area (Å²) in [5.41, 5.74) is 3.81. The highest BCUT2D eigenvalue weighted by atomic mass is 32.2. The van der Waals surface area contributed by atoms with Crippen molar-refractivity contribution >= 4 is 11.8 Å². The summed E-state index contributed by atoms with van der Waals surface area (Å²) in [7, 11) is 0. The number of benzene rings is 1. The van der Waals surface area contributed by atoms with E-state index in [-0.39, 0.29) is 6.10 Å². The maximum Gasteiger partial charge on any atom is 0.0801 e. The van der Waals surface area contributed by atoms with Gasteiger partial charge in [-0.2, -0.15) is 11.8 Å². The van der Waals surface area contributed by atoms with Crippen molar-refractivity contribution in [2.75, 3.05) is 5.75 Å². The first-order valence-corrected chi connectivity index (χ1v) is 6.72. The number of thioether (sulfide) groups is 1. The van der Waals surface area contributed by atoms with E-state index in [1.54, 1.807) is 0 Å². The van der Waals surface area contributed by atoms with Gasteiger partial charge in [-0.15, -0.1) is 0 Å². The Morgan fingerprint density at radius 1 is 1.40 bits per heavy atom. The molecular weight excluding hydrogens is 204 g/mol. The molecule has 0 aromatic heterocycles. The van der Waals surface area contributed by atoms with Crippen LogP contribution in [0.2, 0.25) is 0 Å². The van der Waals surface area contributed by atoms with Gasteiger partial charge in [-0.1, -0.05) is 32.0 Å². The van der Waals surface area contributed by atoms with Gasteiger partial charge in [-0.25, -0.2) is 0 Å². The van der Waals surface area contributed by atoms with Crippen LogP contribution in [-0.2, 0) is 5.75 Å². The second-order valence-electron chi connectivity index (χ2n) is 4.47. The molecule has 1 aliphatic heterocycles. The molecule has 1 heterocycles. The van der Waals surface area contributed by atoms with E-state index in [1.807, 2.05) is 11.8 Å². The minimum atomic E-state index is -0.256. The fourth-order valence-electron chi connectivity index (χ4n) is 1.95. The lowest BCUT2D eigenvalue weighted by atomic mass is 9.94. The summed E-state index contributed by atoms with van der Waals surface area (Å²) in [5, 5.41) is 10.0. The summed E-state index contributed by atoms with van der Waals surface area (Å²) in [6.45, 7) is 4.39. The van der Waals surface area contributed by atoms with Crippen LogP contribution in [0, 0.1) is 0 Å². The van der Waals surface area contributed by atoms with Crippen molar-refractivity contribution in [2.45, 2.75) is 38.0 Å². The zero-order chi connectivity index (χ0) is 10.8. The second kappa shape index (κ2) is 4.58. The topological polar surface area (TPSA) is 20.2 Å². The molecule has 0 fully saturated rings. The molecule has 0 amide bonds. The van der Waals surface area contributed by atoms with Crippen LogP contribution >= 0.6 is 11.8 Å². The van der Waals surface area contributed by atoms with Gasteiger partial charge in [0.1, 0.15) is 0 Å². The molecule has 82 valence electrons. The quantitative estimate of drug-likeness (QED) is 0.785. The van der Waals surface area contributed by atoms with Gasteiger partial charge in [0.15, 0.2) is 0 Å². The van der Waals surface area contributed by atoms with E-state index in [2.05, 4.69) is 32.0 Å². The fraction of sp³-hybridized carbons (Fsp3) is 0.538. The predicted octanol–water partition coefficient (Wildman–Crippen LogP) is 3.48. The molecular formula is C13H18OS. The van der Waals surface area contributed by atoms with Crippen LogP contribution in [0.25, 0.3) is 0 Å². The summed E-state index contributed by atoms with van der Waals surface area (Å²) in [6, 6.07) is 6.57. The molecule has 0 aliphatic carbocycles. The molecule has 0 spiro atoms. The maximum atomic E-state index is 10.0. The summed E-state index contributed by atoms with van der Waals surface area (Å²) in [4.78, 5) is 0. The van der Waals surface area contributed by atoms with Crippen molar-refractivity contribution in [1.82, 2.24) is 0 Å². The van der Waals surface area contributed by atoms with Crippen LogP contribution in [-0.4, -0.2) is 10.9 Å². The van der Waals surface area contributed by atoms with Crippen molar-refractivity contribution < 1.29 is 5.11 Å². The minimum Gasteiger partial charge on any atom is -0.388 e. The first-order chi connectivity index (χ1) is 7.18. The average molecular weight is 222 g/mol. The summed E-state index contributed by atoms with van der Waals surface area (Å²) in [5.74, 6) is 2.65. The SMILES string of the molecule is CC(C)c1ccc2c(c1)[C@@H](O)CCSC2. The fourth-order valence-corrected chi connectivity index (χ4v) is 2.96. The van der Waals surface area contributed by atoms with Crippen molar-refractivity contribution in [3.63, 3.8) is 0 Å². The summed E-state index contributed by atoms with van der Waals surface area (Å²) < 4.78 is 0. The smallest absolute Gasteiger partial charge is 0.0801 e. The predicted molar refractivity (Wildman–Crippen MR) is 66.3 cm³/mol. The highest BCUT2D eigenvalue weighted by molar-refractivity contribution is 7.98. The first kappa shape index (κ1) is 11.0. The zero-order valence-electron chi connectivity index (χ0n) is 9.36. The Bertz CT molecular complexity index is 346. The molecule has 2 rings (SSSR count). The average Bonchev–Trinajstić information content (AvgIpc) is 2.40. The Balaban J connectivity index is 2.39. The number of hydrogen-bond donors (Lipinski definition) is 1. The van der Waals surface area contributed by atoms with Crippen LogP contribution < -0.4 is 0 Å². The molecule has 0 saturated carbocycles. The van der Waals surface area contributed by atoms with Gasteiger partial charge in [-0.05, 0) is 34.8 Å². The third kappa shape index (κ3) is 2.37. The molecule has 1 atom stereocenters. The standard InChI is InChI=1S/C13H18OS/c1-9(2)10-3-4-11-8-15-6-5-13(14)12(11)7-10/h3-4,7,9,13-14H,5-6,8H2,1-2H3/t13-/m0/s1. The molecule has 1 aromatic carbocycles. The molecule has 1 aromatic rings. The largest absolute Gasteiger partial charge is 0.388 e. The van der Waals surface area contributed by atoms with Crippen LogP contribution in [0.15, 0.2) is 18.2 Å². The Morgan fingerprint density at radius 2 is 2.20 bits per heavy atom. The van der Waals surface area contributed by atoms with Gasteiger partial charge in [0.05, 0.1) is 6.10 Å². The monoisotopic (exact) mass is 222 g/mol. The Morgan fingerprint density at radius 3 is 2.93 bits per heavy atom. The number of aliphatic hydroxyl groups is 1. The third-order valence-corrected chi connectivity index (χ3v) is 4.03. The van der Waals surface area contributed by atoms with E-state index in [0.29, 0.717) is 5.92 Å². The minimum absolute atomic E-state index is 0.256. The van der Waals surface area contributed by atoms with Crippen molar-refractivity contribution in [1.29, 1.82) is 0 Å². The molecule has 15 heavy (non-hydrogen) atoms. The Kier molecular flexibility index (Phi) is 3.37. The van der Waals surface area contributed by atoms with Crippen LogP contribution in [0.3, 0.4) is 0 Å². The molecule has 0 unspecified atom stereocenters. The molecule has 1 aliphatic rings. The van der Waals surface area contributed by atoms with Crippen LogP contribution in [0.4, 0.5) is 0 Å². The van der Waals surface area contributed by atoms with Gasteiger partial charge in [0, 0.05) is 5.75 Å². The van der Waals surface area contributed by atoms with E-state index in [0.717, 1.165) is 23.5 Å². The van der Waals surface area contributed by atoms with E-state index in [4.69, 9.17) is 0 Å². The lowest BCUT2D eigenvalue weighted by molar-refractivity contribution is 0.175. The molecule has 0 bridgehead atoms. The van der Waals surface area contributed by atoms with E-state index >= 15 is 0 Å². The lowest BCUT2D eigenvalue weighted by Gasteiger charge is -2.14. The number of aliphatic hydroxyl groups excluding tert-OH is 1. The van der Waals surface area contributed by atoms with Gasteiger partial charge in [-0.3, -0.25) is 0 Å².